The Kier molecular flexibility index (Phi) is 6.10. The van der Waals surface area contributed by atoms with E-state index >= 15 is 0 Å². The number of pyridine rings is 1. The van der Waals surface area contributed by atoms with E-state index in [1.165, 1.54) is 24.3 Å². The summed E-state index contributed by atoms with van der Waals surface area (Å²) < 4.78 is 8.11. The Morgan fingerprint density at radius 3 is 2.50 bits per heavy atom. The predicted molar refractivity (Wildman–Crippen MR) is 111 cm³/mol. The summed E-state index contributed by atoms with van der Waals surface area (Å²) in [7, 11) is 0. The smallest absolute Gasteiger partial charge is 0.349 e. The van der Waals surface area contributed by atoms with Crippen LogP contribution >= 0.6 is 23.2 Å². The number of nitriles is 1. The van der Waals surface area contributed by atoms with Crippen LogP contribution in [0.2, 0.25) is 10.0 Å². The van der Waals surface area contributed by atoms with Crippen molar-refractivity contribution in [2.45, 2.75) is 26.3 Å². The number of H-pyrrole nitrogens is 1. The maximum atomic E-state index is 12.1. The fraction of sp³-hybridized carbons (Fsp3) is 0.211. The van der Waals surface area contributed by atoms with Crippen molar-refractivity contribution in [3.63, 3.8) is 0 Å². The molecule has 1 aromatic carbocycles. The number of nitrogens with one attached hydrogen (secondary N) is 1. The molecule has 11 heteroatoms. The van der Waals surface area contributed by atoms with Crippen molar-refractivity contribution >= 4 is 23.2 Å². The summed E-state index contributed by atoms with van der Waals surface area (Å²) in [6, 6.07) is 7.14. The monoisotopic (exact) mass is 447 g/mol. The molecule has 1 unspecified atom stereocenters. The fourth-order valence-electron chi connectivity index (χ4n) is 2.62. The molecule has 3 aromatic rings. The van der Waals surface area contributed by atoms with E-state index in [-0.39, 0.29) is 33.1 Å². The van der Waals surface area contributed by atoms with Crippen LogP contribution in [0.5, 0.6) is 11.5 Å². The van der Waals surface area contributed by atoms with Crippen molar-refractivity contribution in [2.24, 2.45) is 0 Å². The van der Waals surface area contributed by atoms with Gasteiger partial charge in [-0.1, -0.05) is 30.1 Å². The molecule has 0 aliphatic heterocycles. The zero-order valence-corrected chi connectivity index (χ0v) is 17.4. The molecule has 154 valence electrons. The molecule has 0 aliphatic rings. The summed E-state index contributed by atoms with van der Waals surface area (Å²) in [5, 5.41) is 12.8. The highest BCUT2D eigenvalue weighted by molar-refractivity contribution is 6.37. The van der Waals surface area contributed by atoms with Gasteiger partial charge in [-0.3, -0.25) is 14.6 Å². The number of aromatic amines is 1. The Hall–Kier alpha value is -3.35. The first-order chi connectivity index (χ1) is 14.2. The third-order valence-electron chi connectivity index (χ3n) is 4.36. The second kappa shape index (κ2) is 8.57. The molecule has 0 bridgehead atoms. The molecule has 3 rings (SSSR count). The number of aromatic nitrogens is 4. The highest BCUT2D eigenvalue weighted by Crippen LogP contribution is 2.38. The number of hydrogen-bond acceptors (Lipinski definition) is 6. The van der Waals surface area contributed by atoms with E-state index in [2.05, 4.69) is 5.10 Å². The van der Waals surface area contributed by atoms with Crippen molar-refractivity contribution in [3.8, 4) is 23.3 Å². The Morgan fingerprint density at radius 2 is 1.90 bits per heavy atom. The SMILES string of the molecule is CCC(C)n1cc(Oc2c(Cl)cc(-n3nc(C#N)c(=O)[nH]c3=O)cc2Cl)ccc1=O. The third kappa shape index (κ3) is 4.15. The number of halogens is 2. The maximum absolute atomic E-state index is 12.1. The molecule has 2 aromatic heterocycles. The van der Waals surface area contributed by atoms with Crippen molar-refractivity contribution in [2.75, 3.05) is 0 Å². The van der Waals surface area contributed by atoms with E-state index in [4.69, 9.17) is 33.2 Å². The van der Waals surface area contributed by atoms with Crippen LogP contribution in [0.4, 0.5) is 0 Å². The summed E-state index contributed by atoms with van der Waals surface area (Å²) >= 11 is 12.6. The molecule has 9 nitrogen and oxygen atoms in total. The van der Waals surface area contributed by atoms with Gasteiger partial charge in [0.25, 0.3) is 11.1 Å². The van der Waals surface area contributed by atoms with Gasteiger partial charge >= 0.3 is 5.69 Å². The lowest BCUT2D eigenvalue weighted by atomic mass is 10.2. The van der Waals surface area contributed by atoms with Gasteiger partial charge in [-0.2, -0.15) is 9.94 Å². The minimum absolute atomic E-state index is 0.0260. The van der Waals surface area contributed by atoms with Crippen LogP contribution in [0.1, 0.15) is 32.0 Å². The second-order valence-electron chi connectivity index (χ2n) is 6.34. The van der Waals surface area contributed by atoms with E-state index in [0.29, 0.717) is 5.75 Å². The van der Waals surface area contributed by atoms with Gasteiger partial charge in [0.2, 0.25) is 5.69 Å². The maximum Gasteiger partial charge on any atom is 0.349 e. The first kappa shape index (κ1) is 21.4. The van der Waals surface area contributed by atoms with Gasteiger partial charge in [-0.15, -0.1) is 5.10 Å². The van der Waals surface area contributed by atoms with Crippen molar-refractivity contribution in [1.82, 2.24) is 19.3 Å². The van der Waals surface area contributed by atoms with Crippen molar-refractivity contribution in [1.29, 1.82) is 5.26 Å². The first-order valence-corrected chi connectivity index (χ1v) is 9.54. The zero-order valence-electron chi connectivity index (χ0n) is 15.8. The van der Waals surface area contributed by atoms with Crippen LogP contribution in [0.3, 0.4) is 0 Å². The van der Waals surface area contributed by atoms with Gasteiger partial charge in [-0.05, 0) is 31.5 Å². The molecule has 0 saturated carbocycles. The molecule has 0 amide bonds. The molecule has 0 radical (unpaired) electrons. The summed E-state index contributed by atoms with van der Waals surface area (Å²) in [4.78, 5) is 37.6. The number of rotatable bonds is 5. The molecule has 2 heterocycles. The lowest BCUT2D eigenvalue weighted by Crippen LogP contribution is -2.33. The standard InChI is InChI=1S/C19H15Cl2N5O4/c1-3-10(2)25-9-12(4-5-16(25)27)30-17-13(20)6-11(7-14(17)21)26-19(29)23-18(28)15(8-22)24-26/h4-7,9-10H,3H2,1-2H3,(H,23,28,29). The third-order valence-corrected chi connectivity index (χ3v) is 4.92. The molecule has 0 fully saturated rings. The summed E-state index contributed by atoms with van der Waals surface area (Å²) in [5.74, 6) is 0.451. The van der Waals surface area contributed by atoms with Gasteiger partial charge in [0.15, 0.2) is 5.75 Å². The van der Waals surface area contributed by atoms with Crippen LogP contribution in [-0.4, -0.2) is 19.3 Å². The molecule has 30 heavy (non-hydrogen) atoms. The first-order valence-electron chi connectivity index (χ1n) is 8.78. The highest BCUT2D eigenvalue weighted by Gasteiger charge is 2.16. The van der Waals surface area contributed by atoms with E-state index in [9.17, 15) is 14.4 Å². The average Bonchev–Trinajstić information content (AvgIpc) is 2.71. The Labute approximate surface area is 179 Å². The molecule has 1 N–H and O–H groups in total. The second-order valence-corrected chi connectivity index (χ2v) is 7.15. The lowest BCUT2D eigenvalue weighted by molar-refractivity contribution is 0.455. The molecule has 0 aliphatic carbocycles. The van der Waals surface area contributed by atoms with Gasteiger partial charge in [-0.25, -0.2) is 4.79 Å². The zero-order chi connectivity index (χ0) is 22.0. The van der Waals surface area contributed by atoms with Crippen LogP contribution in [-0.2, 0) is 0 Å². The summed E-state index contributed by atoms with van der Waals surface area (Å²) in [6.45, 7) is 3.87. The molecule has 1 atom stereocenters. The van der Waals surface area contributed by atoms with Crippen molar-refractivity contribution < 1.29 is 4.74 Å². The highest BCUT2D eigenvalue weighted by atomic mass is 35.5. The summed E-state index contributed by atoms with van der Waals surface area (Å²) in [6.07, 6.45) is 2.31. The number of benzene rings is 1. The van der Waals surface area contributed by atoms with Crippen LogP contribution < -0.4 is 21.5 Å². The average molecular weight is 448 g/mol. The minimum atomic E-state index is -0.896. The van der Waals surface area contributed by atoms with E-state index < -0.39 is 16.9 Å². The molecular weight excluding hydrogens is 433 g/mol. The van der Waals surface area contributed by atoms with Crippen LogP contribution in [0.25, 0.3) is 5.69 Å². The van der Waals surface area contributed by atoms with E-state index in [0.717, 1.165) is 11.1 Å². The van der Waals surface area contributed by atoms with Gasteiger partial charge < -0.3 is 9.30 Å². The van der Waals surface area contributed by atoms with E-state index in [1.807, 2.05) is 18.8 Å². The van der Waals surface area contributed by atoms with E-state index in [1.54, 1.807) is 16.8 Å². The number of hydrogen-bond donors (Lipinski definition) is 1. The van der Waals surface area contributed by atoms with Crippen LogP contribution in [0, 0.1) is 11.3 Å². The minimum Gasteiger partial charge on any atom is -0.453 e. The molecule has 0 spiro atoms. The van der Waals surface area contributed by atoms with Crippen LogP contribution in [0.15, 0.2) is 44.8 Å². The fourth-order valence-corrected chi connectivity index (χ4v) is 3.17. The Balaban J connectivity index is 2.03. The summed E-state index contributed by atoms with van der Waals surface area (Å²) in [5.41, 5.74) is -2.29. The predicted octanol–water partition coefficient (Wildman–Crippen LogP) is 3.02. The van der Waals surface area contributed by atoms with Gasteiger partial charge in [0, 0.05) is 12.1 Å². The Morgan fingerprint density at radius 1 is 1.23 bits per heavy atom. The quantitative estimate of drug-likeness (QED) is 0.640. The topological polar surface area (TPSA) is 123 Å². The van der Waals surface area contributed by atoms with Crippen molar-refractivity contribution in [3.05, 3.63) is 77.4 Å². The number of nitrogens with zero attached hydrogens (tertiary/aromatic N) is 4. The van der Waals surface area contributed by atoms with Gasteiger partial charge in [0.1, 0.15) is 11.8 Å². The number of ether oxygens (including phenoxy) is 1. The molecule has 0 saturated heterocycles. The largest absolute Gasteiger partial charge is 0.453 e. The Bertz CT molecular complexity index is 1310. The lowest BCUT2D eigenvalue weighted by Gasteiger charge is -2.16. The van der Waals surface area contributed by atoms with Gasteiger partial charge in [0.05, 0.1) is 21.9 Å². The molecular formula is C19H15Cl2N5O4. The normalized spacial score (nSPS) is 11.7.